The van der Waals surface area contributed by atoms with Gasteiger partial charge in [0.15, 0.2) is 11.6 Å². The molecule has 1 heterocycles. The molecule has 0 spiro atoms. The van der Waals surface area contributed by atoms with Gasteiger partial charge in [0.1, 0.15) is 0 Å². The summed E-state index contributed by atoms with van der Waals surface area (Å²) in [6.45, 7) is 0.657. The Morgan fingerprint density at radius 2 is 2.19 bits per heavy atom. The Labute approximate surface area is 121 Å². The van der Waals surface area contributed by atoms with Gasteiger partial charge in [-0.25, -0.2) is 4.39 Å². The lowest BCUT2D eigenvalue weighted by Gasteiger charge is -2.21. The first-order chi connectivity index (χ1) is 10.1. The van der Waals surface area contributed by atoms with Gasteiger partial charge in [0, 0.05) is 12.7 Å². The first-order valence-electron chi connectivity index (χ1n) is 7.00. The maximum atomic E-state index is 14.1. The Morgan fingerprint density at radius 1 is 1.43 bits per heavy atom. The average molecular weight is 296 g/mol. The molecule has 1 aliphatic carbocycles. The molecule has 2 aliphatic rings. The summed E-state index contributed by atoms with van der Waals surface area (Å²) in [5.74, 6) is -0.0530. The second kappa shape index (κ2) is 5.48. The van der Waals surface area contributed by atoms with Crippen molar-refractivity contribution < 1.29 is 18.8 Å². The van der Waals surface area contributed by atoms with Crippen molar-refractivity contribution in [2.75, 3.05) is 19.0 Å². The number of anilines is 1. The molecule has 0 amide bonds. The van der Waals surface area contributed by atoms with Crippen molar-refractivity contribution in [1.82, 2.24) is 0 Å². The third kappa shape index (κ3) is 2.78. The number of hydrogen-bond acceptors (Lipinski definition) is 5. The van der Waals surface area contributed by atoms with Crippen LogP contribution in [0.25, 0.3) is 0 Å². The second-order valence-electron chi connectivity index (χ2n) is 5.47. The Morgan fingerprint density at radius 3 is 2.81 bits per heavy atom. The highest BCUT2D eigenvalue weighted by atomic mass is 19.1. The molecule has 21 heavy (non-hydrogen) atoms. The molecule has 1 saturated carbocycles. The van der Waals surface area contributed by atoms with Crippen molar-refractivity contribution in [3.63, 3.8) is 0 Å². The molecule has 2 unspecified atom stereocenters. The molecule has 0 aromatic heterocycles. The summed E-state index contributed by atoms with van der Waals surface area (Å²) in [4.78, 5) is 10.2. The number of halogens is 1. The highest BCUT2D eigenvalue weighted by Crippen LogP contribution is 2.40. The van der Waals surface area contributed by atoms with Crippen molar-refractivity contribution in [2.24, 2.45) is 5.92 Å². The van der Waals surface area contributed by atoms with Gasteiger partial charge in [-0.15, -0.1) is 0 Å². The smallest absolute Gasteiger partial charge is 0.313 e. The molecule has 2 fully saturated rings. The molecule has 1 aromatic carbocycles. The zero-order valence-corrected chi connectivity index (χ0v) is 11.7. The molecule has 1 saturated heterocycles. The lowest BCUT2D eigenvalue weighted by molar-refractivity contribution is -0.385. The van der Waals surface area contributed by atoms with Crippen molar-refractivity contribution >= 4 is 11.4 Å². The van der Waals surface area contributed by atoms with E-state index >= 15 is 0 Å². The third-order valence-corrected chi connectivity index (χ3v) is 4.03. The SMILES string of the molecule is COc1cc(NC2CCOC2C2CC2)c(F)cc1[N+](=O)[O-]. The fraction of sp³-hybridized carbons (Fsp3) is 0.571. The molecular weight excluding hydrogens is 279 g/mol. The molecule has 114 valence electrons. The molecular formula is C14H17FN2O4. The van der Waals surface area contributed by atoms with Gasteiger partial charge >= 0.3 is 5.69 Å². The van der Waals surface area contributed by atoms with E-state index in [0.717, 1.165) is 25.3 Å². The van der Waals surface area contributed by atoms with Crippen LogP contribution in [0.5, 0.6) is 5.75 Å². The molecule has 3 rings (SSSR count). The molecule has 0 radical (unpaired) electrons. The van der Waals surface area contributed by atoms with E-state index in [2.05, 4.69) is 5.32 Å². The molecule has 1 aromatic rings. The second-order valence-corrected chi connectivity index (χ2v) is 5.47. The first-order valence-corrected chi connectivity index (χ1v) is 7.00. The highest BCUT2D eigenvalue weighted by Gasteiger charge is 2.41. The molecule has 6 nitrogen and oxygen atoms in total. The summed E-state index contributed by atoms with van der Waals surface area (Å²) >= 11 is 0. The summed E-state index contributed by atoms with van der Waals surface area (Å²) in [7, 11) is 1.33. The zero-order chi connectivity index (χ0) is 15.0. The number of nitro benzene ring substituents is 1. The third-order valence-electron chi connectivity index (χ3n) is 4.03. The van der Waals surface area contributed by atoms with E-state index in [9.17, 15) is 14.5 Å². The number of hydrogen-bond donors (Lipinski definition) is 1. The van der Waals surface area contributed by atoms with Gasteiger partial charge in [-0.2, -0.15) is 0 Å². The van der Waals surface area contributed by atoms with Gasteiger partial charge in [-0.05, 0) is 25.2 Å². The standard InChI is InChI=1S/C14H17FN2O4/c1-20-13-7-11(9(15)6-12(13)17(18)19)16-10-4-5-21-14(10)8-2-3-8/h6-8,10,14,16H,2-5H2,1H3. The van der Waals surface area contributed by atoms with E-state index in [1.54, 1.807) is 0 Å². The molecule has 2 atom stereocenters. The van der Waals surface area contributed by atoms with Crippen LogP contribution in [0.3, 0.4) is 0 Å². The largest absolute Gasteiger partial charge is 0.490 e. The van der Waals surface area contributed by atoms with E-state index in [1.807, 2.05) is 0 Å². The van der Waals surface area contributed by atoms with E-state index in [1.165, 1.54) is 13.2 Å². The molecule has 7 heteroatoms. The lowest BCUT2D eigenvalue weighted by atomic mass is 10.1. The van der Waals surface area contributed by atoms with Crippen LogP contribution in [0.15, 0.2) is 12.1 Å². The molecule has 0 bridgehead atoms. The van der Waals surface area contributed by atoms with Crippen LogP contribution < -0.4 is 10.1 Å². The van der Waals surface area contributed by atoms with Crippen molar-refractivity contribution in [3.8, 4) is 5.75 Å². The summed E-state index contributed by atoms with van der Waals surface area (Å²) in [5, 5.41) is 14.0. The fourth-order valence-corrected chi connectivity index (χ4v) is 2.81. The lowest BCUT2D eigenvalue weighted by Crippen LogP contribution is -2.31. The quantitative estimate of drug-likeness (QED) is 0.668. The van der Waals surface area contributed by atoms with Gasteiger partial charge in [-0.3, -0.25) is 10.1 Å². The first kappa shape index (κ1) is 14.1. The number of ether oxygens (including phenoxy) is 2. The summed E-state index contributed by atoms with van der Waals surface area (Å²) in [6, 6.07) is 2.27. The summed E-state index contributed by atoms with van der Waals surface area (Å²) < 4.78 is 24.7. The maximum absolute atomic E-state index is 14.1. The van der Waals surface area contributed by atoms with Gasteiger partial charge < -0.3 is 14.8 Å². The van der Waals surface area contributed by atoms with Crippen LogP contribution >= 0.6 is 0 Å². The summed E-state index contributed by atoms with van der Waals surface area (Å²) in [5.41, 5.74) is -0.152. The van der Waals surface area contributed by atoms with Crippen LogP contribution in [0.2, 0.25) is 0 Å². The minimum Gasteiger partial charge on any atom is -0.490 e. The highest BCUT2D eigenvalue weighted by molar-refractivity contribution is 5.59. The van der Waals surface area contributed by atoms with E-state index in [-0.39, 0.29) is 29.3 Å². The van der Waals surface area contributed by atoms with E-state index < -0.39 is 10.7 Å². The summed E-state index contributed by atoms with van der Waals surface area (Å²) in [6.07, 6.45) is 3.20. The van der Waals surface area contributed by atoms with Crippen molar-refractivity contribution in [2.45, 2.75) is 31.4 Å². The Balaban J connectivity index is 1.83. The van der Waals surface area contributed by atoms with E-state index in [4.69, 9.17) is 9.47 Å². The predicted octanol–water partition coefficient (Wildman–Crippen LogP) is 2.72. The van der Waals surface area contributed by atoms with Crippen LogP contribution in [0.1, 0.15) is 19.3 Å². The van der Waals surface area contributed by atoms with Crippen molar-refractivity contribution in [3.05, 3.63) is 28.1 Å². The van der Waals surface area contributed by atoms with Gasteiger partial charge in [0.05, 0.1) is 35.9 Å². The predicted molar refractivity (Wildman–Crippen MR) is 74.1 cm³/mol. The Hall–Kier alpha value is -1.89. The van der Waals surface area contributed by atoms with Crippen LogP contribution in [-0.2, 0) is 4.74 Å². The van der Waals surface area contributed by atoms with Crippen LogP contribution in [-0.4, -0.2) is 30.8 Å². The number of methoxy groups -OCH3 is 1. The number of nitrogens with zero attached hydrogens (tertiary/aromatic N) is 1. The van der Waals surface area contributed by atoms with Crippen LogP contribution in [0.4, 0.5) is 15.8 Å². The Kier molecular flexibility index (Phi) is 3.67. The van der Waals surface area contributed by atoms with Gasteiger partial charge in [-0.1, -0.05) is 0 Å². The monoisotopic (exact) mass is 296 g/mol. The fourth-order valence-electron chi connectivity index (χ4n) is 2.81. The zero-order valence-electron chi connectivity index (χ0n) is 11.7. The van der Waals surface area contributed by atoms with Gasteiger partial charge in [0.2, 0.25) is 0 Å². The number of nitro groups is 1. The normalized spacial score (nSPS) is 24.9. The van der Waals surface area contributed by atoms with E-state index in [0.29, 0.717) is 12.5 Å². The number of rotatable bonds is 5. The van der Waals surface area contributed by atoms with Crippen molar-refractivity contribution in [1.29, 1.82) is 0 Å². The Bertz CT molecular complexity index is 562. The number of benzene rings is 1. The topological polar surface area (TPSA) is 73.6 Å². The maximum Gasteiger partial charge on any atom is 0.313 e. The average Bonchev–Trinajstić information content (AvgIpc) is 3.20. The van der Waals surface area contributed by atoms with Crippen LogP contribution in [0, 0.1) is 21.8 Å². The molecule has 1 N–H and O–H groups in total. The molecule has 1 aliphatic heterocycles. The minimum absolute atomic E-state index is 0.0400. The number of nitrogens with one attached hydrogen (secondary N) is 1. The minimum atomic E-state index is -0.655. The van der Waals surface area contributed by atoms with Gasteiger partial charge in [0.25, 0.3) is 0 Å².